The van der Waals surface area contributed by atoms with Crippen molar-refractivity contribution in [2.45, 2.75) is 26.3 Å². The zero-order chi connectivity index (χ0) is 9.52. The molecule has 1 aromatic rings. The molecule has 0 aliphatic rings. The van der Waals surface area contributed by atoms with Gasteiger partial charge in [-0.25, -0.2) is 0 Å². The number of alkyl halides is 1. The summed E-state index contributed by atoms with van der Waals surface area (Å²) in [6, 6.07) is 3.94. The monoisotopic (exact) mass is 185 g/mol. The summed E-state index contributed by atoms with van der Waals surface area (Å²) in [6.07, 6.45) is 1.49. The first-order valence-corrected chi connectivity index (χ1v) is 4.71. The highest BCUT2D eigenvalue weighted by atomic mass is 19.1. The topological polar surface area (TPSA) is 25.2 Å². The summed E-state index contributed by atoms with van der Waals surface area (Å²) in [5.74, 6) is 1.93. The summed E-state index contributed by atoms with van der Waals surface area (Å²) in [7, 11) is 0. The van der Waals surface area contributed by atoms with Gasteiger partial charge >= 0.3 is 0 Å². The van der Waals surface area contributed by atoms with Crippen LogP contribution in [0.5, 0.6) is 0 Å². The third-order valence-corrected chi connectivity index (χ3v) is 1.85. The Morgan fingerprint density at radius 1 is 1.38 bits per heavy atom. The van der Waals surface area contributed by atoms with Gasteiger partial charge in [0.05, 0.1) is 13.2 Å². The lowest BCUT2D eigenvalue weighted by molar-refractivity contribution is 0.430. The molecule has 0 bridgehead atoms. The number of hydrogen-bond donors (Lipinski definition) is 1. The van der Waals surface area contributed by atoms with Crippen LogP contribution in [0.4, 0.5) is 4.39 Å². The second-order valence-electron chi connectivity index (χ2n) is 2.94. The maximum atomic E-state index is 11.7. The van der Waals surface area contributed by atoms with Crippen molar-refractivity contribution in [1.82, 2.24) is 5.32 Å². The van der Waals surface area contributed by atoms with Gasteiger partial charge in [-0.1, -0.05) is 6.92 Å². The molecular weight excluding hydrogens is 169 g/mol. The van der Waals surface area contributed by atoms with Crippen molar-refractivity contribution in [2.75, 3.05) is 13.2 Å². The van der Waals surface area contributed by atoms with Crippen molar-refractivity contribution in [1.29, 1.82) is 0 Å². The van der Waals surface area contributed by atoms with Gasteiger partial charge in [-0.05, 0) is 25.1 Å². The first-order chi connectivity index (χ1) is 6.36. The molecule has 13 heavy (non-hydrogen) atoms. The van der Waals surface area contributed by atoms with E-state index in [1.54, 1.807) is 0 Å². The van der Waals surface area contributed by atoms with Crippen LogP contribution in [0.3, 0.4) is 0 Å². The zero-order valence-corrected chi connectivity index (χ0v) is 7.98. The van der Waals surface area contributed by atoms with Crippen LogP contribution in [0.2, 0.25) is 0 Å². The molecule has 0 radical (unpaired) electrons. The Balaban J connectivity index is 2.20. The molecule has 2 nitrogen and oxygen atoms in total. The van der Waals surface area contributed by atoms with Gasteiger partial charge in [0.1, 0.15) is 11.5 Å². The van der Waals surface area contributed by atoms with Crippen LogP contribution in [-0.2, 0) is 13.0 Å². The molecule has 0 saturated carbocycles. The van der Waals surface area contributed by atoms with E-state index in [2.05, 4.69) is 12.2 Å². The predicted molar refractivity (Wildman–Crippen MR) is 50.4 cm³/mol. The molecule has 0 amide bonds. The van der Waals surface area contributed by atoms with Gasteiger partial charge in [0.15, 0.2) is 0 Å². The normalized spacial score (nSPS) is 10.6. The van der Waals surface area contributed by atoms with E-state index in [1.165, 1.54) is 0 Å². The SMILES string of the molecule is CCc1ccc(CNCCCF)o1. The number of nitrogens with one attached hydrogen (secondary N) is 1. The molecule has 74 valence electrons. The number of rotatable bonds is 6. The van der Waals surface area contributed by atoms with Crippen LogP contribution in [0, 0.1) is 0 Å². The molecule has 0 spiro atoms. The third kappa shape index (κ3) is 3.59. The lowest BCUT2D eigenvalue weighted by atomic mass is 10.3. The standard InChI is InChI=1S/C10H16FNO/c1-2-9-4-5-10(13-9)8-12-7-3-6-11/h4-5,12H,2-3,6-8H2,1H3. The summed E-state index contributed by atoms with van der Waals surface area (Å²) < 4.78 is 17.2. The second-order valence-corrected chi connectivity index (χ2v) is 2.94. The average Bonchev–Trinajstić information content (AvgIpc) is 2.60. The van der Waals surface area contributed by atoms with Gasteiger partial charge in [0, 0.05) is 6.42 Å². The highest BCUT2D eigenvalue weighted by Crippen LogP contribution is 2.07. The minimum atomic E-state index is -0.259. The quantitative estimate of drug-likeness (QED) is 0.688. The van der Waals surface area contributed by atoms with Crippen LogP contribution in [-0.4, -0.2) is 13.2 Å². The molecule has 1 heterocycles. The summed E-state index contributed by atoms with van der Waals surface area (Å²) >= 11 is 0. The van der Waals surface area contributed by atoms with E-state index in [4.69, 9.17) is 4.42 Å². The molecule has 1 aromatic heterocycles. The number of aryl methyl sites for hydroxylation is 1. The smallest absolute Gasteiger partial charge is 0.117 e. The minimum Gasteiger partial charge on any atom is -0.465 e. The van der Waals surface area contributed by atoms with E-state index in [0.717, 1.165) is 17.9 Å². The van der Waals surface area contributed by atoms with Crippen molar-refractivity contribution in [2.24, 2.45) is 0 Å². The van der Waals surface area contributed by atoms with Gasteiger partial charge in [-0.3, -0.25) is 4.39 Å². The molecule has 0 aromatic carbocycles. The zero-order valence-electron chi connectivity index (χ0n) is 7.98. The molecule has 0 saturated heterocycles. The van der Waals surface area contributed by atoms with Crippen molar-refractivity contribution in [3.05, 3.63) is 23.7 Å². The molecular formula is C10H16FNO. The summed E-state index contributed by atoms with van der Waals surface area (Å²) in [5, 5.41) is 3.11. The first kappa shape index (κ1) is 10.3. The number of furan rings is 1. The van der Waals surface area contributed by atoms with E-state index in [1.807, 2.05) is 12.1 Å². The summed E-state index contributed by atoms with van der Waals surface area (Å²) in [4.78, 5) is 0. The van der Waals surface area contributed by atoms with Gasteiger partial charge in [-0.2, -0.15) is 0 Å². The second kappa shape index (κ2) is 5.75. The fraction of sp³-hybridized carbons (Fsp3) is 0.600. The Morgan fingerprint density at radius 2 is 2.15 bits per heavy atom. The molecule has 1 rings (SSSR count). The number of halogens is 1. The molecule has 0 atom stereocenters. The lowest BCUT2D eigenvalue weighted by Crippen LogP contribution is -2.14. The maximum absolute atomic E-state index is 11.7. The van der Waals surface area contributed by atoms with Gasteiger partial charge < -0.3 is 9.73 Å². The van der Waals surface area contributed by atoms with E-state index < -0.39 is 0 Å². The Bertz CT molecular complexity index is 235. The van der Waals surface area contributed by atoms with Crippen LogP contribution >= 0.6 is 0 Å². The van der Waals surface area contributed by atoms with Gasteiger partial charge in [0.25, 0.3) is 0 Å². The molecule has 0 unspecified atom stereocenters. The van der Waals surface area contributed by atoms with Crippen molar-refractivity contribution < 1.29 is 8.81 Å². The lowest BCUT2D eigenvalue weighted by Gasteiger charge is -1.99. The average molecular weight is 185 g/mol. The van der Waals surface area contributed by atoms with E-state index >= 15 is 0 Å². The molecule has 0 aliphatic heterocycles. The summed E-state index contributed by atoms with van der Waals surface area (Å²) in [6.45, 7) is 3.20. The molecule has 0 fully saturated rings. The van der Waals surface area contributed by atoms with Crippen molar-refractivity contribution >= 4 is 0 Å². The third-order valence-electron chi connectivity index (χ3n) is 1.85. The predicted octanol–water partition coefficient (Wildman–Crippen LogP) is 2.29. The molecule has 0 aliphatic carbocycles. The fourth-order valence-corrected chi connectivity index (χ4v) is 1.11. The number of hydrogen-bond acceptors (Lipinski definition) is 2. The van der Waals surface area contributed by atoms with Crippen LogP contribution < -0.4 is 5.32 Å². The van der Waals surface area contributed by atoms with E-state index in [9.17, 15) is 4.39 Å². The van der Waals surface area contributed by atoms with Crippen LogP contribution in [0.1, 0.15) is 24.9 Å². The fourth-order valence-electron chi connectivity index (χ4n) is 1.11. The van der Waals surface area contributed by atoms with E-state index in [-0.39, 0.29) is 6.67 Å². The Kier molecular flexibility index (Phi) is 4.54. The van der Waals surface area contributed by atoms with Crippen molar-refractivity contribution in [3.8, 4) is 0 Å². The molecule has 1 N–H and O–H groups in total. The Morgan fingerprint density at radius 3 is 2.77 bits per heavy atom. The Hall–Kier alpha value is -0.830. The van der Waals surface area contributed by atoms with E-state index in [0.29, 0.717) is 19.5 Å². The van der Waals surface area contributed by atoms with Crippen LogP contribution in [0.15, 0.2) is 16.5 Å². The van der Waals surface area contributed by atoms with Gasteiger partial charge in [0.2, 0.25) is 0 Å². The largest absolute Gasteiger partial charge is 0.465 e. The highest BCUT2D eigenvalue weighted by Gasteiger charge is 1.98. The van der Waals surface area contributed by atoms with Crippen molar-refractivity contribution in [3.63, 3.8) is 0 Å². The summed E-state index contributed by atoms with van der Waals surface area (Å²) in [5.41, 5.74) is 0. The van der Waals surface area contributed by atoms with Crippen LogP contribution in [0.25, 0.3) is 0 Å². The Labute approximate surface area is 78.1 Å². The first-order valence-electron chi connectivity index (χ1n) is 4.71. The maximum Gasteiger partial charge on any atom is 0.117 e. The molecule has 3 heteroatoms. The highest BCUT2D eigenvalue weighted by molar-refractivity contribution is 5.06. The van der Waals surface area contributed by atoms with Gasteiger partial charge in [-0.15, -0.1) is 0 Å². The minimum absolute atomic E-state index is 0.259.